The zero-order valence-electron chi connectivity index (χ0n) is 27.2. The number of imidazole rings is 1. The molecule has 2 aromatic heterocycles. The molecule has 0 spiro atoms. The van der Waals surface area contributed by atoms with Crippen LogP contribution < -0.4 is 4.90 Å². The fraction of sp³-hybridized carbons (Fsp3) is 0. The van der Waals surface area contributed by atoms with Gasteiger partial charge in [0.15, 0.2) is 0 Å². The first-order valence-corrected chi connectivity index (χ1v) is 17.1. The van der Waals surface area contributed by atoms with Crippen molar-refractivity contribution in [2.45, 2.75) is 0 Å². The van der Waals surface area contributed by atoms with Crippen LogP contribution >= 0.6 is 0 Å². The number of hydrogen-bond donors (Lipinski definition) is 0. The zero-order chi connectivity index (χ0) is 33.0. The van der Waals surface area contributed by atoms with Crippen molar-refractivity contribution in [3.8, 4) is 22.3 Å². The second kappa shape index (κ2) is 11.5. The van der Waals surface area contributed by atoms with Gasteiger partial charge in [0.1, 0.15) is 5.65 Å². The second-order valence-corrected chi connectivity index (χ2v) is 12.9. The highest BCUT2D eigenvalue weighted by Gasteiger charge is 2.18. The first-order valence-electron chi connectivity index (χ1n) is 17.1. The van der Waals surface area contributed by atoms with Gasteiger partial charge in [0, 0.05) is 27.8 Å². The summed E-state index contributed by atoms with van der Waals surface area (Å²) in [6, 6.07) is 67.5. The lowest BCUT2D eigenvalue weighted by Crippen LogP contribution is -2.10. The van der Waals surface area contributed by atoms with Crippen molar-refractivity contribution in [1.82, 2.24) is 9.38 Å². The molecule has 0 aliphatic rings. The number of anilines is 3. The fourth-order valence-corrected chi connectivity index (χ4v) is 7.49. The van der Waals surface area contributed by atoms with Gasteiger partial charge in [-0.3, -0.25) is 4.40 Å². The van der Waals surface area contributed by atoms with E-state index in [0.717, 1.165) is 44.6 Å². The number of rotatable bonds is 5. The molecule has 0 bridgehead atoms. The number of fused-ring (bicyclic) bond motifs is 9. The molecule has 10 aromatic rings. The van der Waals surface area contributed by atoms with E-state index in [9.17, 15) is 0 Å². The van der Waals surface area contributed by atoms with Crippen LogP contribution in [0.4, 0.5) is 17.1 Å². The van der Waals surface area contributed by atoms with Gasteiger partial charge in [-0.05, 0) is 105 Å². The third-order valence-electron chi connectivity index (χ3n) is 9.92. The highest BCUT2D eigenvalue weighted by Crippen LogP contribution is 2.41. The molecule has 3 heteroatoms. The summed E-state index contributed by atoms with van der Waals surface area (Å²) in [5.74, 6) is 0. The molecule has 234 valence electrons. The summed E-state index contributed by atoms with van der Waals surface area (Å²) >= 11 is 0. The van der Waals surface area contributed by atoms with E-state index in [2.05, 4.69) is 197 Å². The third-order valence-corrected chi connectivity index (χ3v) is 9.92. The zero-order valence-corrected chi connectivity index (χ0v) is 27.2. The lowest BCUT2D eigenvalue weighted by atomic mass is 10.00. The highest BCUT2D eigenvalue weighted by molar-refractivity contribution is 6.18. The number of para-hydroxylation sites is 2. The Balaban J connectivity index is 1.22. The molecule has 10 rings (SSSR count). The average Bonchev–Trinajstić information content (AvgIpc) is 3.59. The lowest BCUT2D eigenvalue weighted by molar-refractivity contribution is 1.28. The van der Waals surface area contributed by atoms with Crippen LogP contribution in [0.3, 0.4) is 0 Å². The molecule has 0 fully saturated rings. The summed E-state index contributed by atoms with van der Waals surface area (Å²) in [5, 5.41) is 5.96. The first kappa shape index (κ1) is 28.3. The quantitative estimate of drug-likeness (QED) is 0.138. The van der Waals surface area contributed by atoms with Crippen LogP contribution in [0.2, 0.25) is 0 Å². The maximum absolute atomic E-state index is 5.17. The Kier molecular flexibility index (Phi) is 6.49. The summed E-state index contributed by atoms with van der Waals surface area (Å²) < 4.78 is 2.33. The van der Waals surface area contributed by atoms with Crippen molar-refractivity contribution in [3.63, 3.8) is 0 Å². The minimum absolute atomic E-state index is 0.983. The molecule has 0 aliphatic heterocycles. The minimum atomic E-state index is 0.983. The van der Waals surface area contributed by atoms with E-state index in [1.54, 1.807) is 0 Å². The van der Waals surface area contributed by atoms with E-state index in [1.165, 1.54) is 43.8 Å². The Labute approximate surface area is 289 Å². The molecule has 0 radical (unpaired) electrons. The fourth-order valence-electron chi connectivity index (χ4n) is 7.49. The summed E-state index contributed by atoms with van der Waals surface area (Å²) in [5.41, 5.74) is 12.3. The minimum Gasteiger partial charge on any atom is -0.310 e. The molecule has 3 nitrogen and oxygen atoms in total. The standard InChI is InChI=1S/C47H31N3/c1-3-11-32(12-4-1)34-19-23-38(24-20-34)49(39-25-21-35(22-26-39)33-13-5-2-6-14-33)40-27-28-45-42(31-40)41-29-36-15-7-8-16-37(36)30-43(41)47-48-44-17-9-10-18-46(44)50(45)47/h1-31H. The Morgan fingerprint density at radius 1 is 0.360 bits per heavy atom. The Morgan fingerprint density at radius 3 is 1.48 bits per heavy atom. The van der Waals surface area contributed by atoms with Gasteiger partial charge in [0.05, 0.1) is 16.6 Å². The van der Waals surface area contributed by atoms with Gasteiger partial charge >= 0.3 is 0 Å². The highest BCUT2D eigenvalue weighted by atomic mass is 15.1. The topological polar surface area (TPSA) is 20.5 Å². The summed E-state index contributed by atoms with van der Waals surface area (Å²) in [6.45, 7) is 0. The van der Waals surface area contributed by atoms with Crippen molar-refractivity contribution in [2.24, 2.45) is 0 Å². The van der Waals surface area contributed by atoms with Gasteiger partial charge in [-0.1, -0.05) is 121 Å². The maximum Gasteiger partial charge on any atom is 0.146 e. The third kappa shape index (κ3) is 4.63. The van der Waals surface area contributed by atoms with Crippen molar-refractivity contribution < 1.29 is 0 Å². The summed E-state index contributed by atoms with van der Waals surface area (Å²) in [4.78, 5) is 7.54. The van der Waals surface area contributed by atoms with E-state index < -0.39 is 0 Å². The van der Waals surface area contributed by atoms with Crippen LogP contribution in [0.15, 0.2) is 188 Å². The van der Waals surface area contributed by atoms with Crippen molar-refractivity contribution in [1.29, 1.82) is 0 Å². The predicted molar refractivity (Wildman–Crippen MR) is 211 cm³/mol. The number of hydrogen-bond acceptors (Lipinski definition) is 2. The number of nitrogens with zero attached hydrogens (tertiary/aromatic N) is 3. The predicted octanol–water partition coefficient (Wildman–Crippen LogP) is 12.8. The SMILES string of the molecule is c1ccc(-c2ccc(N(c3ccc(-c4ccccc4)cc3)c3ccc4c(c3)c3cc5ccccc5cc3c3nc5ccccc5n43)cc2)cc1. The summed E-state index contributed by atoms with van der Waals surface area (Å²) in [6.07, 6.45) is 0. The number of pyridine rings is 1. The van der Waals surface area contributed by atoms with Crippen LogP contribution in [-0.4, -0.2) is 9.38 Å². The summed E-state index contributed by atoms with van der Waals surface area (Å²) in [7, 11) is 0. The van der Waals surface area contributed by atoms with Crippen LogP contribution in [0, 0.1) is 0 Å². The van der Waals surface area contributed by atoms with Gasteiger partial charge in [0.25, 0.3) is 0 Å². The van der Waals surface area contributed by atoms with E-state index in [-0.39, 0.29) is 0 Å². The van der Waals surface area contributed by atoms with Gasteiger partial charge in [-0.15, -0.1) is 0 Å². The molecule has 0 aliphatic carbocycles. The Bertz CT molecular complexity index is 2750. The molecular weight excluding hydrogens is 607 g/mol. The molecule has 0 unspecified atom stereocenters. The van der Waals surface area contributed by atoms with Crippen molar-refractivity contribution in [2.75, 3.05) is 4.90 Å². The molecule has 0 amide bonds. The number of benzene rings is 8. The average molecular weight is 638 g/mol. The van der Waals surface area contributed by atoms with Crippen LogP contribution in [0.1, 0.15) is 0 Å². The molecule has 8 aromatic carbocycles. The monoisotopic (exact) mass is 637 g/mol. The lowest BCUT2D eigenvalue weighted by Gasteiger charge is -2.26. The van der Waals surface area contributed by atoms with E-state index >= 15 is 0 Å². The van der Waals surface area contributed by atoms with Crippen LogP contribution in [0.25, 0.3) is 71.4 Å². The van der Waals surface area contributed by atoms with Gasteiger partial charge in [-0.2, -0.15) is 0 Å². The maximum atomic E-state index is 5.17. The molecular formula is C47H31N3. The molecule has 50 heavy (non-hydrogen) atoms. The van der Waals surface area contributed by atoms with E-state index in [4.69, 9.17) is 4.98 Å². The van der Waals surface area contributed by atoms with E-state index in [0.29, 0.717) is 0 Å². The molecule has 0 saturated carbocycles. The number of aromatic nitrogens is 2. The first-order chi connectivity index (χ1) is 24.8. The second-order valence-electron chi connectivity index (χ2n) is 12.9. The van der Waals surface area contributed by atoms with Gasteiger partial charge < -0.3 is 4.90 Å². The largest absolute Gasteiger partial charge is 0.310 e. The van der Waals surface area contributed by atoms with Crippen molar-refractivity contribution >= 4 is 66.2 Å². The molecule has 0 atom stereocenters. The Hall–Kier alpha value is -6.71. The van der Waals surface area contributed by atoms with Crippen molar-refractivity contribution in [3.05, 3.63) is 188 Å². The normalized spacial score (nSPS) is 11.6. The van der Waals surface area contributed by atoms with Gasteiger partial charge in [0.2, 0.25) is 0 Å². The van der Waals surface area contributed by atoms with Gasteiger partial charge in [-0.25, -0.2) is 4.98 Å². The van der Waals surface area contributed by atoms with Crippen LogP contribution in [-0.2, 0) is 0 Å². The molecule has 0 N–H and O–H groups in total. The Morgan fingerprint density at radius 2 is 0.860 bits per heavy atom. The van der Waals surface area contributed by atoms with Crippen LogP contribution in [0.5, 0.6) is 0 Å². The molecule has 0 saturated heterocycles. The smallest absolute Gasteiger partial charge is 0.146 e. The molecule has 2 heterocycles. The van der Waals surface area contributed by atoms with E-state index in [1.807, 2.05) is 0 Å².